The van der Waals surface area contributed by atoms with Crippen LogP contribution in [0.4, 0.5) is 0 Å². The number of carbonyl (C=O) groups is 1. The van der Waals surface area contributed by atoms with Crippen molar-refractivity contribution in [3.63, 3.8) is 0 Å². The van der Waals surface area contributed by atoms with Crippen molar-refractivity contribution in [3.8, 4) is 0 Å². The first-order valence-corrected chi connectivity index (χ1v) is 9.65. The van der Waals surface area contributed by atoms with Gasteiger partial charge in [-0.05, 0) is 41.7 Å². The minimum Gasteiger partial charge on any atom is -0.340 e. The van der Waals surface area contributed by atoms with Gasteiger partial charge < -0.3 is 4.90 Å². The second kappa shape index (κ2) is 7.26. The van der Waals surface area contributed by atoms with Gasteiger partial charge in [0.25, 0.3) is 0 Å². The number of benzene rings is 1. The minimum absolute atomic E-state index is 0.180. The maximum atomic E-state index is 12.8. The zero-order valence-corrected chi connectivity index (χ0v) is 15.7. The Bertz CT molecular complexity index is 744. The molecule has 130 valence electrons. The number of carbonyl (C=O) groups excluding carboxylic acids is 1. The molecular formula is C20H22BrN3O. The molecule has 1 aliphatic heterocycles. The Balaban J connectivity index is 1.29. The molecule has 2 atom stereocenters. The normalized spacial score (nSPS) is 23.5. The first-order chi connectivity index (χ1) is 12.2. The highest BCUT2D eigenvalue weighted by atomic mass is 79.9. The van der Waals surface area contributed by atoms with Gasteiger partial charge in [0.1, 0.15) is 0 Å². The van der Waals surface area contributed by atoms with Crippen molar-refractivity contribution < 1.29 is 4.79 Å². The van der Waals surface area contributed by atoms with Crippen molar-refractivity contribution in [2.75, 3.05) is 26.2 Å². The molecule has 1 saturated carbocycles. The molecule has 2 heterocycles. The van der Waals surface area contributed by atoms with Crippen LogP contribution in [-0.4, -0.2) is 46.9 Å². The van der Waals surface area contributed by atoms with E-state index in [1.165, 1.54) is 11.1 Å². The summed E-state index contributed by atoms with van der Waals surface area (Å²) in [6.07, 6.45) is 4.72. The molecule has 2 unspecified atom stereocenters. The van der Waals surface area contributed by atoms with Crippen LogP contribution in [-0.2, 0) is 11.3 Å². The summed E-state index contributed by atoms with van der Waals surface area (Å²) in [6.45, 7) is 4.46. The summed E-state index contributed by atoms with van der Waals surface area (Å²) in [6, 6.07) is 12.4. The molecular weight excluding hydrogens is 378 g/mol. The summed E-state index contributed by atoms with van der Waals surface area (Å²) in [5.41, 5.74) is 2.52. The smallest absolute Gasteiger partial charge is 0.226 e. The van der Waals surface area contributed by atoms with Crippen LogP contribution in [0, 0.1) is 5.92 Å². The van der Waals surface area contributed by atoms with Crippen molar-refractivity contribution in [1.82, 2.24) is 14.8 Å². The average Bonchev–Trinajstić information content (AvgIpc) is 3.43. The lowest BCUT2D eigenvalue weighted by molar-refractivity contribution is -0.134. The third-order valence-corrected chi connectivity index (χ3v) is 5.69. The Hall–Kier alpha value is -1.72. The lowest BCUT2D eigenvalue weighted by atomic mass is 10.1. The Morgan fingerprint density at radius 3 is 2.72 bits per heavy atom. The van der Waals surface area contributed by atoms with E-state index in [0.717, 1.165) is 43.6 Å². The molecule has 1 amide bonds. The van der Waals surface area contributed by atoms with E-state index in [4.69, 9.17) is 0 Å². The van der Waals surface area contributed by atoms with Gasteiger partial charge in [0.15, 0.2) is 0 Å². The maximum Gasteiger partial charge on any atom is 0.226 e. The highest BCUT2D eigenvalue weighted by Gasteiger charge is 2.46. The van der Waals surface area contributed by atoms with Crippen LogP contribution in [0.1, 0.15) is 23.5 Å². The van der Waals surface area contributed by atoms with E-state index in [1.807, 2.05) is 18.3 Å². The second-order valence-electron chi connectivity index (χ2n) is 6.97. The molecule has 25 heavy (non-hydrogen) atoms. The van der Waals surface area contributed by atoms with Crippen molar-refractivity contribution in [2.24, 2.45) is 5.92 Å². The summed E-state index contributed by atoms with van der Waals surface area (Å²) in [5.74, 6) is 0.920. The van der Waals surface area contributed by atoms with Gasteiger partial charge >= 0.3 is 0 Å². The molecule has 1 aromatic heterocycles. The zero-order chi connectivity index (χ0) is 17.2. The van der Waals surface area contributed by atoms with Crippen molar-refractivity contribution >= 4 is 21.8 Å². The molecule has 1 aromatic carbocycles. The fourth-order valence-electron chi connectivity index (χ4n) is 3.68. The molecule has 0 radical (unpaired) electrons. The van der Waals surface area contributed by atoms with Crippen LogP contribution in [0.2, 0.25) is 0 Å². The molecule has 4 rings (SSSR count). The molecule has 1 saturated heterocycles. The van der Waals surface area contributed by atoms with Gasteiger partial charge in [-0.25, -0.2) is 0 Å². The van der Waals surface area contributed by atoms with Crippen molar-refractivity contribution in [1.29, 1.82) is 0 Å². The SMILES string of the molecule is O=C(C1CC1c1cccc(Br)c1)N1CCN(Cc2cccnc2)CC1. The highest BCUT2D eigenvalue weighted by Crippen LogP contribution is 2.48. The van der Waals surface area contributed by atoms with Crippen LogP contribution in [0.3, 0.4) is 0 Å². The predicted octanol–water partition coefficient (Wildman–Crippen LogP) is 3.29. The van der Waals surface area contributed by atoms with E-state index in [2.05, 4.69) is 55.0 Å². The van der Waals surface area contributed by atoms with Crippen LogP contribution >= 0.6 is 15.9 Å². The number of aromatic nitrogens is 1. The van der Waals surface area contributed by atoms with Gasteiger partial charge in [0.2, 0.25) is 5.91 Å². The number of rotatable bonds is 4. The first-order valence-electron chi connectivity index (χ1n) is 8.86. The van der Waals surface area contributed by atoms with Crippen molar-refractivity contribution in [2.45, 2.75) is 18.9 Å². The van der Waals surface area contributed by atoms with Crippen LogP contribution < -0.4 is 0 Å². The molecule has 2 fully saturated rings. The summed E-state index contributed by atoms with van der Waals surface area (Å²) >= 11 is 3.52. The Kier molecular flexibility index (Phi) is 4.86. The number of amides is 1. The monoisotopic (exact) mass is 399 g/mol. The maximum absolute atomic E-state index is 12.8. The number of pyridine rings is 1. The van der Waals surface area contributed by atoms with E-state index in [1.54, 1.807) is 6.20 Å². The molecule has 2 aromatic rings. The van der Waals surface area contributed by atoms with Gasteiger partial charge in [-0.1, -0.05) is 34.1 Å². The van der Waals surface area contributed by atoms with Gasteiger partial charge in [0, 0.05) is 55.5 Å². The number of hydrogen-bond acceptors (Lipinski definition) is 3. The van der Waals surface area contributed by atoms with Gasteiger partial charge in [-0.3, -0.25) is 14.7 Å². The molecule has 0 N–H and O–H groups in total. The van der Waals surface area contributed by atoms with E-state index in [0.29, 0.717) is 11.8 Å². The van der Waals surface area contributed by atoms with Crippen molar-refractivity contribution in [3.05, 3.63) is 64.4 Å². The quantitative estimate of drug-likeness (QED) is 0.791. The number of nitrogens with zero attached hydrogens (tertiary/aromatic N) is 3. The highest BCUT2D eigenvalue weighted by molar-refractivity contribution is 9.10. The molecule has 2 aliphatic rings. The molecule has 5 heteroatoms. The van der Waals surface area contributed by atoms with E-state index >= 15 is 0 Å². The van der Waals surface area contributed by atoms with Gasteiger partial charge in [-0.2, -0.15) is 0 Å². The Labute approximate surface area is 157 Å². The summed E-state index contributed by atoms with van der Waals surface area (Å²) in [4.78, 5) is 21.4. The van der Waals surface area contributed by atoms with Gasteiger partial charge in [0.05, 0.1) is 0 Å². The fraction of sp³-hybridized carbons (Fsp3) is 0.400. The zero-order valence-electron chi connectivity index (χ0n) is 14.1. The molecule has 0 bridgehead atoms. The first kappa shape index (κ1) is 16.7. The molecule has 1 aliphatic carbocycles. The molecule has 0 spiro atoms. The van der Waals surface area contributed by atoms with E-state index in [-0.39, 0.29) is 5.92 Å². The topological polar surface area (TPSA) is 36.4 Å². The Morgan fingerprint density at radius 1 is 1.16 bits per heavy atom. The number of piperazine rings is 1. The standard InChI is InChI=1S/C20H22BrN3O/c21-17-5-1-4-16(11-17)18-12-19(18)20(25)24-9-7-23(8-10-24)14-15-3-2-6-22-13-15/h1-6,11,13,18-19H,7-10,12,14H2. The third-order valence-electron chi connectivity index (χ3n) is 5.20. The summed E-state index contributed by atoms with van der Waals surface area (Å²) in [7, 11) is 0. The molecule has 4 nitrogen and oxygen atoms in total. The van der Waals surface area contributed by atoms with Crippen LogP contribution in [0.25, 0.3) is 0 Å². The number of hydrogen-bond donors (Lipinski definition) is 0. The summed E-state index contributed by atoms with van der Waals surface area (Å²) in [5, 5.41) is 0. The second-order valence-corrected chi connectivity index (χ2v) is 7.88. The lowest BCUT2D eigenvalue weighted by Crippen LogP contribution is -2.48. The lowest BCUT2D eigenvalue weighted by Gasteiger charge is -2.35. The fourth-order valence-corrected chi connectivity index (χ4v) is 4.10. The third kappa shape index (κ3) is 3.93. The largest absolute Gasteiger partial charge is 0.340 e. The Morgan fingerprint density at radius 2 is 2.00 bits per heavy atom. The minimum atomic E-state index is 0.180. The predicted molar refractivity (Wildman–Crippen MR) is 101 cm³/mol. The van der Waals surface area contributed by atoms with Crippen LogP contribution in [0.5, 0.6) is 0 Å². The average molecular weight is 400 g/mol. The number of halogens is 1. The summed E-state index contributed by atoms with van der Waals surface area (Å²) < 4.78 is 1.09. The van der Waals surface area contributed by atoms with Gasteiger partial charge in [-0.15, -0.1) is 0 Å². The van der Waals surface area contributed by atoms with E-state index < -0.39 is 0 Å². The van der Waals surface area contributed by atoms with Crippen LogP contribution in [0.15, 0.2) is 53.3 Å². The van der Waals surface area contributed by atoms with E-state index in [9.17, 15) is 4.79 Å².